The van der Waals surface area contributed by atoms with Gasteiger partial charge in [0.05, 0.1) is 0 Å². The van der Waals surface area contributed by atoms with Gasteiger partial charge >= 0.3 is 0 Å². The lowest BCUT2D eigenvalue weighted by Gasteiger charge is -2.25. The summed E-state index contributed by atoms with van der Waals surface area (Å²) in [7, 11) is 0. The maximum Gasteiger partial charge on any atom is 0.194 e. The molecule has 0 saturated carbocycles. The third-order valence-corrected chi connectivity index (χ3v) is 8.84. The van der Waals surface area contributed by atoms with Crippen molar-refractivity contribution in [2.45, 2.75) is 52.6 Å². The second-order valence-electron chi connectivity index (χ2n) is 14.9. The highest BCUT2D eigenvalue weighted by Gasteiger charge is 2.31. The zero-order valence-corrected chi connectivity index (χ0v) is 29.0. The number of aromatic nitrogens is 4. The number of anilines is 2. The zero-order chi connectivity index (χ0) is 34.9. The van der Waals surface area contributed by atoms with Crippen molar-refractivity contribution in [1.29, 1.82) is 0 Å². The van der Waals surface area contributed by atoms with Crippen molar-refractivity contribution in [1.82, 2.24) is 18.8 Å². The molecule has 0 bridgehead atoms. The fourth-order valence-corrected chi connectivity index (χ4v) is 6.83. The third-order valence-electron chi connectivity index (χ3n) is 8.84. The molecule has 50 heavy (non-hydrogen) atoms. The van der Waals surface area contributed by atoms with Gasteiger partial charge in [0, 0.05) is 62.4 Å². The number of carbonyl (C=O) groups is 2. The van der Waals surface area contributed by atoms with Gasteiger partial charge in [-0.15, -0.1) is 0 Å². The van der Waals surface area contributed by atoms with Gasteiger partial charge in [-0.1, -0.05) is 60.7 Å². The lowest BCUT2D eigenvalue weighted by Crippen LogP contribution is -2.27. The average molecular weight is 659 g/mol. The third kappa shape index (κ3) is 5.24. The minimum atomic E-state index is -0.268. The van der Waals surface area contributed by atoms with Crippen LogP contribution in [0.1, 0.15) is 73.4 Å². The molecule has 7 aromatic rings. The highest BCUT2D eigenvalue weighted by atomic mass is 16.1. The molecule has 2 N–H and O–H groups in total. The fraction of sp³-hybridized carbons (Fsp3) is 0.190. The Labute approximate surface area is 290 Å². The van der Waals surface area contributed by atoms with Crippen molar-refractivity contribution in [3.8, 4) is 33.6 Å². The molecule has 0 unspecified atom stereocenters. The zero-order valence-electron chi connectivity index (χ0n) is 29.0. The van der Waals surface area contributed by atoms with Gasteiger partial charge in [-0.05, 0) is 83.5 Å². The number of nitrogens with zero attached hydrogens (tertiary/aromatic N) is 4. The Morgan fingerprint density at radius 2 is 0.940 bits per heavy atom. The molecule has 0 amide bonds. The van der Waals surface area contributed by atoms with Crippen molar-refractivity contribution in [2.24, 2.45) is 0 Å². The summed E-state index contributed by atoms with van der Waals surface area (Å²) in [5.41, 5.74) is 7.62. The first-order valence-corrected chi connectivity index (χ1v) is 16.9. The summed E-state index contributed by atoms with van der Waals surface area (Å²) in [6.45, 7) is 12.8. The van der Waals surface area contributed by atoms with Crippen LogP contribution >= 0.6 is 0 Å². The van der Waals surface area contributed by atoms with E-state index in [-0.39, 0.29) is 22.6 Å². The van der Waals surface area contributed by atoms with E-state index in [4.69, 9.17) is 9.97 Å². The predicted octanol–water partition coefficient (Wildman–Crippen LogP) is 9.18. The van der Waals surface area contributed by atoms with Gasteiger partial charge in [-0.3, -0.25) is 18.4 Å². The molecular formula is C42H38N6O2. The van der Waals surface area contributed by atoms with Crippen LogP contribution in [0.5, 0.6) is 0 Å². The summed E-state index contributed by atoms with van der Waals surface area (Å²) in [6.07, 6.45) is 4.02. The molecule has 3 aromatic carbocycles. The Bertz CT molecular complexity index is 2390. The highest BCUT2D eigenvalue weighted by molar-refractivity contribution is 6.28. The molecule has 8 rings (SSSR count). The SMILES string of the molecule is CC(C)(C)Nc1c(-c2cccc(-c3nc4ccccn4c3NC(C)(C)C)c2-c2ccc3c(c2)C(=O)c2ccccc2C3=O)nc2ccccn12. The van der Waals surface area contributed by atoms with E-state index in [0.29, 0.717) is 22.3 Å². The maximum absolute atomic E-state index is 14.0. The predicted molar refractivity (Wildman–Crippen MR) is 200 cm³/mol. The van der Waals surface area contributed by atoms with E-state index in [1.54, 1.807) is 30.3 Å². The number of imidazole rings is 2. The molecule has 4 aromatic heterocycles. The van der Waals surface area contributed by atoms with Gasteiger partial charge in [0.15, 0.2) is 11.6 Å². The molecule has 8 heteroatoms. The van der Waals surface area contributed by atoms with Crippen LogP contribution in [0.3, 0.4) is 0 Å². The number of carbonyl (C=O) groups excluding carboxylic acids is 2. The van der Waals surface area contributed by atoms with Crippen LogP contribution in [0, 0.1) is 0 Å². The highest BCUT2D eigenvalue weighted by Crippen LogP contribution is 2.45. The van der Waals surface area contributed by atoms with E-state index in [9.17, 15) is 9.59 Å². The van der Waals surface area contributed by atoms with E-state index < -0.39 is 0 Å². The Morgan fingerprint density at radius 3 is 1.44 bits per heavy atom. The van der Waals surface area contributed by atoms with E-state index in [2.05, 4.69) is 73.1 Å². The van der Waals surface area contributed by atoms with E-state index in [1.807, 2.05) is 67.0 Å². The summed E-state index contributed by atoms with van der Waals surface area (Å²) in [5, 5.41) is 7.43. The van der Waals surface area contributed by atoms with Gasteiger partial charge in [0.25, 0.3) is 0 Å². The van der Waals surface area contributed by atoms with E-state index in [1.165, 1.54) is 0 Å². The summed E-state index contributed by atoms with van der Waals surface area (Å²) >= 11 is 0. The second kappa shape index (κ2) is 11.3. The molecule has 0 saturated heterocycles. The summed E-state index contributed by atoms with van der Waals surface area (Å²) in [4.78, 5) is 38.0. The Kier molecular flexibility index (Phi) is 7.05. The number of hydrogen-bond donors (Lipinski definition) is 2. The van der Waals surface area contributed by atoms with Gasteiger partial charge in [-0.2, -0.15) is 0 Å². The van der Waals surface area contributed by atoms with Crippen LogP contribution in [0.25, 0.3) is 44.9 Å². The number of pyridine rings is 2. The van der Waals surface area contributed by atoms with Gasteiger partial charge in [0.1, 0.15) is 34.3 Å². The lowest BCUT2D eigenvalue weighted by atomic mass is 9.81. The quantitative estimate of drug-likeness (QED) is 0.192. The topological polar surface area (TPSA) is 92.8 Å². The molecule has 0 aliphatic heterocycles. The summed E-state index contributed by atoms with van der Waals surface area (Å²) < 4.78 is 4.14. The molecule has 1 aliphatic rings. The van der Waals surface area contributed by atoms with E-state index >= 15 is 0 Å². The second-order valence-corrected chi connectivity index (χ2v) is 14.9. The van der Waals surface area contributed by atoms with Crippen molar-refractivity contribution < 1.29 is 9.59 Å². The largest absolute Gasteiger partial charge is 0.365 e. The van der Waals surface area contributed by atoms with Crippen LogP contribution in [0.4, 0.5) is 11.6 Å². The summed E-state index contributed by atoms with van der Waals surface area (Å²) in [5.74, 6) is 1.39. The standard InChI is InChI=1S/C42H38N6O2/c1-41(2,3)45-39-35(43-32-18-9-11-22-47(32)39)29-16-13-17-30(36-40(46-42(4,5)6)48-23-12-10-19-33(48)44-36)34(29)25-20-21-28-31(24-25)38(50)27-15-8-7-14-26(27)37(28)49/h7-24,45-46H,1-6H3. The normalized spacial score (nSPS) is 13.1. The smallest absolute Gasteiger partial charge is 0.194 e. The minimum absolute atomic E-state index is 0.149. The van der Waals surface area contributed by atoms with Gasteiger partial charge < -0.3 is 10.6 Å². The molecule has 1 aliphatic carbocycles. The number of nitrogens with one attached hydrogen (secondary N) is 2. The minimum Gasteiger partial charge on any atom is -0.365 e. The Hall–Kier alpha value is -6.02. The molecule has 4 heterocycles. The van der Waals surface area contributed by atoms with Crippen LogP contribution in [0.2, 0.25) is 0 Å². The number of fused-ring (bicyclic) bond motifs is 4. The van der Waals surface area contributed by atoms with Crippen molar-refractivity contribution >= 4 is 34.5 Å². The molecule has 248 valence electrons. The first kappa shape index (κ1) is 31.3. The molecule has 0 spiro atoms. The first-order valence-electron chi connectivity index (χ1n) is 16.9. The number of rotatable bonds is 5. The molecule has 0 fully saturated rings. The number of ketones is 2. The monoisotopic (exact) mass is 658 g/mol. The van der Waals surface area contributed by atoms with Gasteiger partial charge in [0.2, 0.25) is 0 Å². The van der Waals surface area contributed by atoms with Crippen molar-refractivity contribution in [2.75, 3.05) is 10.6 Å². The number of benzene rings is 3. The summed E-state index contributed by atoms with van der Waals surface area (Å²) in [6, 6.07) is 30.8. The Balaban J connectivity index is 1.45. The van der Waals surface area contributed by atoms with Gasteiger partial charge in [-0.25, -0.2) is 9.97 Å². The van der Waals surface area contributed by atoms with Crippen molar-refractivity contribution in [3.05, 3.63) is 132 Å². The average Bonchev–Trinajstić information content (AvgIpc) is 3.63. The molecule has 8 nitrogen and oxygen atoms in total. The molecule has 0 atom stereocenters. The number of hydrogen-bond acceptors (Lipinski definition) is 6. The first-order chi connectivity index (χ1) is 23.9. The van der Waals surface area contributed by atoms with Crippen molar-refractivity contribution in [3.63, 3.8) is 0 Å². The molecule has 0 radical (unpaired) electrons. The fourth-order valence-electron chi connectivity index (χ4n) is 6.83. The van der Waals surface area contributed by atoms with Crippen LogP contribution in [0.15, 0.2) is 109 Å². The van der Waals surface area contributed by atoms with Crippen LogP contribution in [-0.2, 0) is 0 Å². The van der Waals surface area contributed by atoms with Crippen LogP contribution < -0.4 is 10.6 Å². The maximum atomic E-state index is 14.0. The van der Waals surface area contributed by atoms with Crippen LogP contribution in [-0.4, -0.2) is 41.4 Å². The lowest BCUT2D eigenvalue weighted by molar-refractivity contribution is 0.0979. The molecular weight excluding hydrogens is 621 g/mol. The Morgan fingerprint density at radius 1 is 0.500 bits per heavy atom. The van der Waals surface area contributed by atoms with E-state index in [0.717, 1.165) is 56.6 Å².